The van der Waals surface area contributed by atoms with E-state index in [9.17, 15) is 4.79 Å². The van der Waals surface area contributed by atoms with Crippen LogP contribution in [0.15, 0.2) is 53.3 Å². The van der Waals surface area contributed by atoms with E-state index in [0.29, 0.717) is 17.2 Å². The van der Waals surface area contributed by atoms with E-state index in [0.717, 1.165) is 12.0 Å². The van der Waals surface area contributed by atoms with Gasteiger partial charge in [-0.25, -0.2) is 0 Å². The predicted octanol–water partition coefficient (Wildman–Crippen LogP) is 4.24. The van der Waals surface area contributed by atoms with Gasteiger partial charge in [-0.15, -0.1) is 0 Å². The van der Waals surface area contributed by atoms with Crippen LogP contribution in [0.5, 0.6) is 5.75 Å². The van der Waals surface area contributed by atoms with Crippen molar-refractivity contribution in [3.63, 3.8) is 0 Å². The molecule has 0 radical (unpaired) electrons. The molecular weight excluding hydrogens is 248 g/mol. The van der Waals surface area contributed by atoms with Crippen LogP contribution in [-0.2, 0) is 0 Å². The highest BCUT2D eigenvalue weighted by Crippen LogP contribution is 2.23. The molecule has 0 saturated heterocycles. The molecule has 0 spiro atoms. The van der Waals surface area contributed by atoms with Crippen LogP contribution >= 0.6 is 0 Å². The summed E-state index contributed by atoms with van der Waals surface area (Å²) in [5, 5.41) is 0. The highest BCUT2D eigenvalue weighted by Gasteiger charge is 2.07. The predicted molar refractivity (Wildman–Crippen MR) is 83.4 cm³/mol. The maximum atomic E-state index is 12.4. The molecule has 0 aromatic heterocycles. The zero-order valence-electron chi connectivity index (χ0n) is 12.2. The van der Waals surface area contributed by atoms with Crippen LogP contribution in [0, 0.1) is 0 Å². The molecule has 1 unspecified atom stereocenters. The molecule has 0 fully saturated rings. The van der Waals surface area contributed by atoms with E-state index in [2.05, 4.69) is 26.0 Å². The number of hydrogen-bond acceptors (Lipinski definition) is 2. The molecule has 0 saturated carbocycles. The molecule has 104 valence electrons. The molecule has 0 heterocycles. The first kappa shape index (κ1) is 14.3. The van der Waals surface area contributed by atoms with Crippen LogP contribution in [0.3, 0.4) is 0 Å². The fourth-order valence-corrected chi connectivity index (χ4v) is 2.19. The minimum Gasteiger partial charge on any atom is -0.493 e. The van der Waals surface area contributed by atoms with Crippen LogP contribution in [0.4, 0.5) is 0 Å². The Kier molecular flexibility index (Phi) is 4.57. The third-order valence-corrected chi connectivity index (χ3v) is 3.71. The number of rotatable bonds is 4. The Labute approximate surface area is 120 Å². The first-order chi connectivity index (χ1) is 9.67. The van der Waals surface area contributed by atoms with Crippen LogP contribution < -0.4 is 10.2 Å². The maximum absolute atomic E-state index is 12.4. The summed E-state index contributed by atoms with van der Waals surface area (Å²) >= 11 is 0. The summed E-state index contributed by atoms with van der Waals surface area (Å²) < 4.78 is 5.13. The van der Waals surface area contributed by atoms with Gasteiger partial charge in [0.25, 0.3) is 0 Å². The summed E-state index contributed by atoms with van der Waals surface area (Å²) in [4.78, 5) is 12.4. The van der Waals surface area contributed by atoms with Gasteiger partial charge in [-0.05, 0) is 29.5 Å². The Morgan fingerprint density at radius 1 is 1.05 bits per heavy atom. The first-order valence-corrected chi connectivity index (χ1v) is 6.95. The van der Waals surface area contributed by atoms with Gasteiger partial charge in [0.05, 0.1) is 7.11 Å². The lowest BCUT2D eigenvalue weighted by molar-refractivity contribution is 0.411. The maximum Gasteiger partial charge on any atom is 0.228 e. The third-order valence-electron chi connectivity index (χ3n) is 3.71. The number of benzene rings is 1. The van der Waals surface area contributed by atoms with Gasteiger partial charge in [-0.1, -0.05) is 56.3 Å². The van der Waals surface area contributed by atoms with Gasteiger partial charge in [0.2, 0.25) is 5.43 Å². The quantitative estimate of drug-likeness (QED) is 0.829. The topological polar surface area (TPSA) is 26.3 Å². The largest absolute Gasteiger partial charge is 0.493 e. The van der Waals surface area contributed by atoms with Crippen LogP contribution in [0.2, 0.25) is 0 Å². The van der Waals surface area contributed by atoms with Gasteiger partial charge in [-0.2, -0.15) is 0 Å². The van der Waals surface area contributed by atoms with Gasteiger partial charge in [0.15, 0.2) is 5.75 Å². The van der Waals surface area contributed by atoms with Crippen LogP contribution in [0.25, 0.3) is 11.1 Å². The highest BCUT2D eigenvalue weighted by atomic mass is 16.5. The minimum absolute atomic E-state index is 0.0752. The smallest absolute Gasteiger partial charge is 0.228 e. The van der Waals surface area contributed by atoms with E-state index in [1.807, 2.05) is 30.3 Å². The first-order valence-electron chi connectivity index (χ1n) is 6.95. The van der Waals surface area contributed by atoms with Crippen molar-refractivity contribution in [2.24, 2.45) is 0 Å². The summed E-state index contributed by atoms with van der Waals surface area (Å²) in [6.07, 6.45) is 1.11. The lowest BCUT2D eigenvalue weighted by Gasteiger charge is -2.09. The molecule has 2 nitrogen and oxygen atoms in total. The van der Waals surface area contributed by atoms with Crippen molar-refractivity contribution in [2.45, 2.75) is 26.2 Å². The molecule has 2 aromatic carbocycles. The molecule has 0 N–H and O–H groups in total. The lowest BCUT2D eigenvalue weighted by atomic mass is 9.96. The van der Waals surface area contributed by atoms with E-state index in [4.69, 9.17) is 4.74 Å². The summed E-state index contributed by atoms with van der Waals surface area (Å²) in [6, 6.07) is 15.4. The van der Waals surface area contributed by atoms with Crippen molar-refractivity contribution in [1.29, 1.82) is 0 Å². The van der Waals surface area contributed by atoms with Crippen molar-refractivity contribution < 1.29 is 4.74 Å². The molecule has 0 amide bonds. The fourth-order valence-electron chi connectivity index (χ4n) is 2.19. The molecule has 2 aromatic rings. The zero-order valence-corrected chi connectivity index (χ0v) is 12.2. The molecule has 2 rings (SSSR count). The number of ether oxygens (including phenoxy) is 1. The zero-order chi connectivity index (χ0) is 14.5. The second kappa shape index (κ2) is 6.38. The fraction of sp³-hybridized carbons (Fsp3) is 0.278. The molecule has 0 bridgehead atoms. The Morgan fingerprint density at radius 3 is 2.30 bits per heavy atom. The molecule has 0 aliphatic rings. The normalized spacial score (nSPS) is 11.9. The second-order valence-electron chi connectivity index (χ2n) is 4.96. The Bertz CT molecular complexity index is 630. The Hall–Kier alpha value is -2.09. The van der Waals surface area contributed by atoms with Crippen molar-refractivity contribution in [3.8, 4) is 16.9 Å². The van der Waals surface area contributed by atoms with E-state index >= 15 is 0 Å². The molecule has 20 heavy (non-hydrogen) atoms. The van der Waals surface area contributed by atoms with E-state index in [1.54, 1.807) is 6.07 Å². The molecule has 0 aliphatic carbocycles. The van der Waals surface area contributed by atoms with Crippen molar-refractivity contribution in [1.82, 2.24) is 0 Å². The van der Waals surface area contributed by atoms with Crippen molar-refractivity contribution >= 4 is 0 Å². The minimum atomic E-state index is -0.0752. The Morgan fingerprint density at radius 2 is 1.70 bits per heavy atom. The van der Waals surface area contributed by atoms with Gasteiger partial charge in [0.1, 0.15) is 0 Å². The summed E-state index contributed by atoms with van der Waals surface area (Å²) in [5.74, 6) is 0.910. The number of methoxy groups -OCH3 is 1. The van der Waals surface area contributed by atoms with Gasteiger partial charge < -0.3 is 4.74 Å². The van der Waals surface area contributed by atoms with Crippen molar-refractivity contribution in [3.05, 3.63) is 64.3 Å². The average Bonchev–Trinajstić information content (AvgIpc) is 2.68. The molecular formula is C18H20O2. The average molecular weight is 268 g/mol. The standard InChI is InChI=1S/C18H20O2/c1-4-13(2)14-9-11-15(12-10-14)16-7-5-6-8-17(20-3)18(16)19/h5-13H,4H2,1-3H3. The summed E-state index contributed by atoms with van der Waals surface area (Å²) in [7, 11) is 1.52. The van der Waals surface area contributed by atoms with Crippen molar-refractivity contribution in [2.75, 3.05) is 7.11 Å². The highest BCUT2D eigenvalue weighted by molar-refractivity contribution is 5.64. The SMILES string of the molecule is CCC(C)c1ccc(-c2ccccc(OC)c2=O)cc1. The van der Waals surface area contributed by atoms with Crippen LogP contribution in [0.1, 0.15) is 31.7 Å². The second-order valence-corrected chi connectivity index (χ2v) is 4.96. The summed E-state index contributed by atoms with van der Waals surface area (Å²) in [6.45, 7) is 4.38. The number of hydrogen-bond donors (Lipinski definition) is 0. The lowest BCUT2D eigenvalue weighted by Crippen LogP contribution is -2.05. The van der Waals surface area contributed by atoms with E-state index in [-0.39, 0.29) is 5.43 Å². The third kappa shape index (κ3) is 2.90. The Balaban J connectivity index is 2.48. The molecule has 0 aliphatic heterocycles. The van der Waals surface area contributed by atoms with E-state index in [1.165, 1.54) is 12.7 Å². The van der Waals surface area contributed by atoms with E-state index < -0.39 is 0 Å². The monoisotopic (exact) mass is 268 g/mol. The van der Waals surface area contributed by atoms with Gasteiger partial charge in [0, 0.05) is 5.56 Å². The molecule has 2 heteroatoms. The summed E-state index contributed by atoms with van der Waals surface area (Å²) in [5.41, 5.74) is 2.82. The van der Waals surface area contributed by atoms with Gasteiger partial charge >= 0.3 is 0 Å². The van der Waals surface area contributed by atoms with Gasteiger partial charge in [-0.3, -0.25) is 4.79 Å². The van der Waals surface area contributed by atoms with Crippen LogP contribution in [-0.4, -0.2) is 7.11 Å². The molecule has 1 atom stereocenters.